The van der Waals surface area contributed by atoms with Gasteiger partial charge in [-0.05, 0) is 37.6 Å². The van der Waals surface area contributed by atoms with E-state index in [2.05, 4.69) is 20.6 Å². The van der Waals surface area contributed by atoms with Crippen LogP contribution in [0.15, 0.2) is 60.9 Å². The van der Waals surface area contributed by atoms with Crippen molar-refractivity contribution >= 4 is 23.1 Å². The number of nitrogens with one attached hydrogen (secondary N) is 2. The van der Waals surface area contributed by atoms with Crippen LogP contribution in [0.2, 0.25) is 0 Å². The number of para-hydroxylation sites is 1. The molecule has 3 rings (SSSR count). The lowest BCUT2D eigenvalue weighted by atomic mass is 10.1. The van der Waals surface area contributed by atoms with E-state index in [0.29, 0.717) is 5.82 Å². The molecule has 0 spiro atoms. The molecule has 2 aromatic carbocycles. The van der Waals surface area contributed by atoms with Gasteiger partial charge in [0.25, 0.3) is 5.91 Å². The summed E-state index contributed by atoms with van der Waals surface area (Å²) in [6.45, 7) is 3.98. The maximum Gasteiger partial charge on any atom is 0.275 e. The number of anilines is 3. The average molecular weight is 318 g/mol. The van der Waals surface area contributed by atoms with Crippen LogP contribution in [0.1, 0.15) is 21.6 Å². The number of carbonyl (C=O) groups excluding carboxylic acids is 1. The van der Waals surface area contributed by atoms with Crippen LogP contribution in [0.25, 0.3) is 0 Å². The van der Waals surface area contributed by atoms with Gasteiger partial charge in [-0.2, -0.15) is 0 Å². The fourth-order valence-electron chi connectivity index (χ4n) is 2.32. The SMILES string of the molecule is Cc1ccc(NC(=O)c2cnc(Nc3ccccc3)cn2)c(C)c1. The van der Waals surface area contributed by atoms with Gasteiger partial charge in [0.1, 0.15) is 11.5 Å². The molecule has 1 aromatic heterocycles. The quantitative estimate of drug-likeness (QED) is 0.760. The van der Waals surface area contributed by atoms with Gasteiger partial charge in [-0.25, -0.2) is 9.97 Å². The topological polar surface area (TPSA) is 66.9 Å². The minimum absolute atomic E-state index is 0.272. The average Bonchev–Trinajstić information content (AvgIpc) is 2.59. The van der Waals surface area contributed by atoms with Crippen molar-refractivity contribution in [3.05, 3.63) is 77.7 Å². The predicted octanol–water partition coefficient (Wildman–Crippen LogP) is 4.09. The van der Waals surface area contributed by atoms with E-state index in [-0.39, 0.29) is 11.6 Å². The highest BCUT2D eigenvalue weighted by atomic mass is 16.1. The second kappa shape index (κ2) is 6.91. The molecule has 0 atom stereocenters. The molecule has 5 nitrogen and oxygen atoms in total. The fourth-order valence-corrected chi connectivity index (χ4v) is 2.32. The molecule has 0 aliphatic carbocycles. The van der Waals surface area contributed by atoms with Crippen LogP contribution in [0, 0.1) is 13.8 Å². The Labute approximate surface area is 140 Å². The lowest BCUT2D eigenvalue weighted by molar-refractivity contribution is 0.102. The first-order valence-electron chi connectivity index (χ1n) is 7.64. The molecular formula is C19H18N4O. The molecule has 5 heteroatoms. The van der Waals surface area contributed by atoms with E-state index < -0.39 is 0 Å². The number of hydrogen-bond acceptors (Lipinski definition) is 4. The molecule has 0 aliphatic heterocycles. The second-order valence-electron chi connectivity index (χ2n) is 5.55. The molecular weight excluding hydrogens is 300 g/mol. The summed E-state index contributed by atoms with van der Waals surface area (Å²) in [5.74, 6) is 0.310. The van der Waals surface area contributed by atoms with Gasteiger partial charge < -0.3 is 10.6 Å². The zero-order valence-electron chi connectivity index (χ0n) is 13.6. The lowest BCUT2D eigenvalue weighted by Gasteiger charge is -2.09. The van der Waals surface area contributed by atoms with Crippen LogP contribution in [-0.4, -0.2) is 15.9 Å². The predicted molar refractivity (Wildman–Crippen MR) is 95.6 cm³/mol. The van der Waals surface area contributed by atoms with E-state index in [4.69, 9.17) is 0 Å². The molecule has 1 heterocycles. The Balaban J connectivity index is 1.69. The van der Waals surface area contributed by atoms with Gasteiger partial charge in [0.2, 0.25) is 0 Å². The van der Waals surface area contributed by atoms with E-state index in [1.54, 1.807) is 6.20 Å². The van der Waals surface area contributed by atoms with Crippen LogP contribution in [0.4, 0.5) is 17.2 Å². The van der Waals surface area contributed by atoms with E-state index >= 15 is 0 Å². The molecule has 24 heavy (non-hydrogen) atoms. The third kappa shape index (κ3) is 3.76. The molecule has 2 N–H and O–H groups in total. The summed E-state index contributed by atoms with van der Waals surface area (Å²) in [6, 6.07) is 15.5. The monoisotopic (exact) mass is 318 g/mol. The number of aromatic nitrogens is 2. The maximum atomic E-state index is 12.3. The van der Waals surface area contributed by atoms with Gasteiger partial charge in [0.05, 0.1) is 12.4 Å². The summed E-state index contributed by atoms with van der Waals surface area (Å²) in [5, 5.41) is 5.99. The Kier molecular flexibility index (Phi) is 4.52. The van der Waals surface area contributed by atoms with Crippen molar-refractivity contribution in [1.29, 1.82) is 0 Å². The number of hydrogen-bond donors (Lipinski definition) is 2. The standard InChI is InChI=1S/C19H18N4O/c1-13-8-9-16(14(2)10-13)23-19(24)17-11-21-18(12-20-17)22-15-6-4-3-5-7-15/h3-12H,1-2H3,(H,21,22)(H,23,24). The number of rotatable bonds is 4. The Morgan fingerprint density at radius 1 is 0.958 bits per heavy atom. The van der Waals surface area contributed by atoms with E-state index in [9.17, 15) is 4.79 Å². The number of nitrogens with zero attached hydrogens (tertiary/aromatic N) is 2. The van der Waals surface area contributed by atoms with Crippen LogP contribution in [0.5, 0.6) is 0 Å². The third-order valence-corrected chi connectivity index (χ3v) is 3.56. The van der Waals surface area contributed by atoms with Gasteiger partial charge in [-0.15, -0.1) is 0 Å². The van der Waals surface area contributed by atoms with E-state index in [1.165, 1.54) is 6.20 Å². The first kappa shape index (κ1) is 15.7. The Bertz CT molecular complexity index is 845. The van der Waals surface area contributed by atoms with Crippen molar-refractivity contribution in [3.8, 4) is 0 Å². The number of benzene rings is 2. The highest BCUT2D eigenvalue weighted by Crippen LogP contribution is 2.17. The number of aryl methyl sites for hydroxylation is 2. The van der Waals surface area contributed by atoms with E-state index in [0.717, 1.165) is 22.5 Å². The summed E-state index contributed by atoms with van der Waals surface area (Å²) in [5.41, 5.74) is 4.13. The van der Waals surface area contributed by atoms with Crippen molar-refractivity contribution in [2.24, 2.45) is 0 Å². The van der Waals surface area contributed by atoms with Gasteiger partial charge in [0, 0.05) is 11.4 Å². The van der Waals surface area contributed by atoms with Gasteiger partial charge in [0.15, 0.2) is 0 Å². The molecule has 120 valence electrons. The fraction of sp³-hybridized carbons (Fsp3) is 0.105. The molecule has 3 aromatic rings. The largest absolute Gasteiger partial charge is 0.339 e. The molecule has 0 fully saturated rings. The van der Waals surface area contributed by atoms with Gasteiger partial charge >= 0.3 is 0 Å². The van der Waals surface area contributed by atoms with Crippen molar-refractivity contribution in [1.82, 2.24) is 9.97 Å². The maximum absolute atomic E-state index is 12.3. The first-order valence-corrected chi connectivity index (χ1v) is 7.64. The third-order valence-electron chi connectivity index (χ3n) is 3.56. The van der Waals surface area contributed by atoms with Crippen molar-refractivity contribution in [2.75, 3.05) is 10.6 Å². The van der Waals surface area contributed by atoms with Crippen molar-refractivity contribution in [2.45, 2.75) is 13.8 Å². The molecule has 1 amide bonds. The highest BCUT2D eigenvalue weighted by Gasteiger charge is 2.10. The number of amides is 1. The zero-order valence-corrected chi connectivity index (χ0v) is 13.6. The van der Waals surface area contributed by atoms with Gasteiger partial charge in [-0.3, -0.25) is 4.79 Å². The first-order chi connectivity index (χ1) is 11.6. The molecule has 0 saturated carbocycles. The van der Waals surface area contributed by atoms with Crippen molar-refractivity contribution < 1.29 is 4.79 Å². The Morgan fingerprint density at radius 2 is 1.75 bits per heavy atom. The molecule has 0 radical (unpaired) electrons. The normalized spacial score (nSPS) is 10.2. The van der Waals surface area contributed by atoms with E-state index in [1.807, 2.05) is 62.4 Å². The second-order valence-corrected chi connectivity index (χ2v) is 5.55. The minimum Gasteiger partial charge on any atom is -0.339 e. The zero-order chi connectivity index (χ0) is 16.9. The summed E-state index contributed by atoms with van der Waals surface area (Å²) in [4.78, 5) is 20.7. The molecule has 0 bridgehead atoms. The Morgan fingerprint density at radius 3 is 2.42 bits per heavy atom. The molecule has 0 unspecified atom stereocenters. The van der Waals surface area contributed by atoms with Crippen LogP contribution < -0.4 is 10.6 Å². The minimum atomic E-state index is -0.277. The van der Waals surface area contributed by atoms with Crippen LogP contribution >= 0.6 is 0 Å². The van der Waals surface area contributed by atoms with Gasteiger partial charge in [-0.1, -0.05) is 35.9 Å². The number of carbonyl (C=O) groups is 1. The van der Waals surface area contributed by atoms with Crippen LogP contribution in [0.3, 0.4) is 0 Å². The van der Waals surface area contributed by atoms with Crippen LogP contribution in [-0.2, 0) is 0 Å². The van der Waals surface area contributed by atoms with Crippen molar-refractivity contribution in [3.63, 3.8) is 0 Å². The molecule has 0 aliphatic rings. The summed E-state index contributed by atoms with van der Waals surface area (Å²) >= 11 is 0. The summed E-state index contributed by atoms with van der Waals surface area (Å²) in [6.07, 6.45) is 3.01. The highest BCUT2D eigenvalue weighted by molar-refractivity contribution is 6.03. The smallest absolute Gasteiger partial charge is 0.275 e. The molecule has 0 saturated heterocycles. The summed E-state index contributed by atoms with van der Waals surface area (Å²) in [7, 11) is 0. The lowest BCUT2D eigenvalue weighted by Crippen LogP contribution is -2.15. The summed E-state index contributed by atoms with van der Waals surface area (Å²) < 4.78 is 0. The Hall–Kier alpha value is -3.21.